The Morgan fingerprint density at radius 3 is 1.84 bits per heavy atom. The molecule has 0 aliphatic heterocycles. The Bertz CT molecular complexity index is 389. The SMILES string of the molecule is C.CC1CC2C(C)C1C1C2C2CC1C(C)(C)C2(C)C. The van der Waals surface area contributed by atoms with Gasteiger partial charge in [0.05, 0.1) is 0 Å². The van der Waals surface area contributed by atoms with E-state index >= 15 is 0 Å². The molecule has 4 aliphatic rings. The van der Waals surface area contributed by atoms with E-state index in [4.69, 9.17) is 0 Å². The minimum Gasteiger partial charge on any atom is -0.0776 e. The molecule has 19 heavy (non-hydrogen) atoms. The highest BCUT2D eigenvalue weighted by molar-refractivity contribution is 5.20. The quantitative estimate of drug-likeness (QED) is 0.507. The maximum Gasteiger partial charge on any atom is -0.0269 e. The molecule has 4 bridgehead atoms. The smallest absolute Gasteiger partial charge is 0.0269 e. The van der Waals surface area contributed by atoms with E-state index in [1.54, 1.807) is 12.8 Å². The lowest BCUT2D eigenvalue weighted by Gasteiger charge is -2.54. The standard InChI is InChI=1S/C18H30.CH4/c1-9-7-11-10(2)14(9)16-13-8-12(15(11)16)17(3,4)18(13,5)6;/h9-16H,7-8H2,1-6H3;1H4. The predicted octanol–water partition coefficient (Wildman–Crippen LogP) is 5.48. The Morgan fingerprint density at radius 1 is 0.737 bits per heavy atom. The lowest BCUT2D eigenvalue weighted by molar-refractivity contribution is -0.0590. The summed E-state index contributed by atoms with van der Waals surface area (Å²) in [5, 5.41) is 0. The molecule has 0 aromatic carbocycles. The van der Waals surface area contributed by atoms with Crippen LogP contribution in [0.5, 0.6) is 0 Å². The fraction of sp³-hybridized carbons (Fsp3) is 1.00. The van der Waals surface area contributed by atoms with Gasteiger partial charge in [-0.25, -0.2) is 0 Å². The highest BCUT2D eigenvalue weighted by Gasteiger charge is 2.73. The van der Waals surface area contributed by atoms with Crippen LogP contribution < -0.4 is 0 Å². The van der Waals surface area contributed by atoms with Gasteiger partial charge in [0.1, 0.15) is 0 Å². The van der Waals surface area contributed by atoms with E-state index in [1.165, 1.54) is 0 Å². The van der Waals surface area contributed by atoms with E-state index < -0.39 is 0 Å². The minimum atomic E-state index is 0. The Morgan fingerprint density at radius 2 is 1.26 bits per heavy atom. The van der Waals surface area contributed by atoms with Crippen LogP contribution >= 0.6 is 0 Å². The summed E-state index contributed by atoms with van der Waals surface area (Å²) in [5.74, 6) is 8.48. The van der Waals surface area contributed by atoms with Gasteiger partial charge in [0.25, 0.3) is 0 Å². The van der Waals surface area contributed by atoms with Crippen LogP contribution in [0.2, 0.25) is 0 Å². The second kappa shape index (κ2) is 3.60. The zero-order chi connectivity index (χ0) is 13.0. The minimum absolute atomic E-state index is 0. The van der Waals surface area contributed by atoms with Crippen molar-refractivity contribution in [1.82, 2.24) is 0 Å². The van der Waals surface area contributed by atoms with Crippen molar-refractivity contribution < 1.29 is 0 Å². The molecule has 0 radical (unpaired) electrons. The first kappa shape index (κ1) is 14.0. The summed E-state index contributed by atoms with van der Waals surface area (Å²) in [5.41, 5.74) is 1.15. The van der Waals surface area contributed by atoms with E-state index in [0.717, 1.165) is 47.3 Å². The van der Waals surface area contributed by atoms with Crippen molar-refractivity contribution in [1.29, 1.82) is 0 Å². The summed E-state index contributed by atoms with van der Waals surface area (Å²) in [6.45, 7) is 15.4. The van der Waals surface area contributed by atoms with Gasteiger partial charge in [-0.3, -0.25) is 0 Å². The molecule has 0 amide bonds. The summed E-state index contributed by atoms with van der Waals surface area (Å²) in [4.78, 5) is 0. The van der Waals surface area contributed by atoms with Crippen LogP contribution in [-0.4, -0.2) is 0 Å². The van der Waals surface area contributed by atoms with Crippen LogP contribution in [0.1, 0.15) is 61.8 Å². The van der Waals surface area contributed by atoms with E-state index in [-0.39, 0.29) is 7.43 Å². The van der Waals surface area contributed by atoms with Crippen LogP contribution in [0.3, 0.4) is 0 Å². The molecule has 0 saturated heterocycles. The third-order valence-electron chi connectivity index (χ3n) is 8.92. The van der Waals surface area contributed by atoms with Crippen LogP contribution in [0.25, 0.3) is 0 Å². The third-order valence-corrected chi connectivity index (χ3v) is 8.92. The fourth-order valence-electron chi connectivity index (χ4n) is 7.58. The first-order valence-electron chi connectivity index (χ1n) is 8.28. The van der Waals surface area contributed by atoms with Gasteiger partial charge in [0, 0.05) is 0 Å². The molecule has 4 fully saturated rings. The Kier molecular flexibility index (Phi) is 2.65. The first-order chi connectivity index (χ1) is 8.28. The molecule has 4 saturated carbocycles. The number of rotatable bonds is 0. The van der Waals surface area contributed by atoms with Gasteiger partial charge in [-0.1, -0.05) is 49.0 Å². The molecule has 0 heteroatoms. The molecule has 0 aromatic rings. The van der Waals surface area contributed by atoms with Gasteiger partial charge >= 0.3 is 0 Å². The van der Waals surface area contributed by atoms with Crippen molar-refractivity contribution in [3.63, 3.8) is 0 Å². The Balaban J connectivity index is 0.00000110. The molecule has 0 aromatic heterocycles. The molecule has 110 valence electrons. The number of hydrogen-bond acceptors (Lipinski definition) is 0. The average molecular weight is 262 g/mol. The van der Waals surface area contributed by atoms with Crippen LogP contribution in [0.4, 0.5) is 0 Å². The molecular formula is C19H34. The highest BCUT2D eigenvalue weighted by atomic mass is 14.8. The third kappa shape index (κ3) is 1.24. The molecule has 0 spiro atoms. The van der Waals surface area contributed by atoms with Crippen molar-refractivity contribution in [2.24, 2.45) is 58.2 Å². The normalized spacial score (nSPS) is 59.1. The van der Waals surface area contributed by atoms with Crippen molar-refractivity contribution in [2.45, 2.75) is 61.8 Å². The Hall–Kier alpha value is 0. The molecule has 8 atom stereocenters. The predicted molar refractivity (Wildman–Crippen MR) is 82.8 cm³/mol. The molecule has 0 nitrogen and oxygen atoms in total. The van der Waals surface area contributed by atoms with Gasteiger partial charge in [0.2, 0.25) is 0 Å². The summed E-state index contributed by atoms with van der Waals surface area (Å²) < 4.78 is 0. The van der Waals surface area contributed by atoms with E-state index in [0.29, 0.717) is 10.8 Å². The Labute approximate surface area is 120 Å². The summed E-state index contributed by atoms with van der Waals surface area (Å²) in [6, 6.07) is 0. The molecule has 4 rings (SSSR count). The lowest BCUT2D eigenvalue weighted by Crippen LogP contribution is -2.48. The summed E-state index contributed by atoms with van der Waals surface area (Å²) in [7, 11) is 0. The van der Waals surface area contributed by atoms with Crippen LogP contribution in [0, 0.1) is 58.2 Å². The van der Waals surface area contributed by atoms with E-state index in [1.807, 2.05) is 0 Å². The van der Waals surface area contributed by atoms with Crippen molar-refractivity contribution in [3.8, 4) is 0 Å². The maximum absolute atomic E-state index is 2.58. The summed E-state index contributed by atoms with van der Waals surface area (Å²) >= 11 is 0. The van der Waals surface area contributed by atoms with Gasteiger partial charge in [-0.2, -0.15) is 0 Å². The zero-order valence-corrected chi connectivity index (χ0v) is 13.0. The monoisotopic (exact) mass is 262 g/mol. The fourth-order valence-corrected chi connectivity index (χ4v) is 7.58. The largest absolute Gasteiger partial charge is 0.0776 e. The van der Waals surface area contributed by atoms with Gasteiger partial charge in [0.15, 0.2) is 0 Å². The van der Waals surface area contributed by atoms with Crippen LogP contribution in [-0.2, 0) is 0 Å². The van der Waals surface area contributed by atoms with Gasteiger partial charge in [-0.15, -0.1) is 0 Å². The molecular weight excluding hydrogens is 228 g/mol. The lowest BCUT2D eigenvalue weighted by atomic mass is 9.51. The van der Waals surface area contributed by atoms with Crippen molar-refractivity contribution >= 4 is 0 Å². The first-order valence-corrected chi connectivity index (χ1v) is 8.28. The molecule has 8 unspecified atom stereocenters. The zero-order valence-electron chi connectivity index (χ0n) is 13.0. The molecule has 0 heterocycles. The van der Waals surface area contributed by atoms with E-state index in [9.17, 15) is 0 Å². The van der Waals surface area contributed by atoms with Gasteiger partial charge < -0.3 is 0 Å². The van der Waals surface area contributed by atoms with Crippen LogP contribution in [0.15, 0.2) is 0 Å². The molecule has 0 N–H and O–H groups in total. The maximum atomic E-state index is 2.58. The van der Waals surface area contributed by atoms with Gasteiger partial charge in [-0.05, 0) is 71.0 Å². The number of fused-ring (bicyclic) bond motifs is 9. The summed E-state index contributed by atoms with van der Waals surface area (Å²) in [6.07, 6.45) is 3.11. The number of hydrogen-bond donors (Lipinski definition) is 0. The highest BCUT2D eigenvalue weighted by Crippen LogP contribution is 2.78. The molecule has 4 aliphatic carbocycles. The van der Waals surface area contributed by atoms with Crippen molar-refractivity contribution in [3.05, 3.63) is 0 Å². The second-order valence-corrected chi connectivity index (χ2v) is 9.36. The van der Waals surface area contributed by atoms with E-state index in [2.05, 4.69) is 41.5 Å². The topological polar surface area (TPSA) is 0 Å². The van der Waals surface area contributed by atoms with Crippen molar-refractivity contribution in [2.75, 3.05) is 0 Å². The second-order valence-electron chi connectivity index (χ2n) is 9.36. The average Bonchev–Trinajstić information content (AvgIpc) is 2.88.